The van der Waals surface area contributed by atoms with E-state index in [2.05, 4.69) is 45.0 Å². The molecule has 0 aliphatic rings. The van der Waals surface area contributed by atoms with Crippen LogP contribution < -0.4 is 0 Å². The van der Waals surface area contributed by atoms with Gasteiger partial charge in [0.25, 0.3) is 0 Å². The van der Waals surface area contributed by atoms with E-state index in [1.54, 1.807) is 0 Å². The first-order valence-electron chi connectivity index (χ1n) is 13.1. The van der Waals surface area contributed by atoms with Crippen LogP contribution in [0.25, 0.3) is 0 Å². The Balaban J connectivity index is 1.56. The average molecular weight is 527 g/mol. The highest BCUT2D eigenvalue weighted by Gasteiger charge is 2.47. The average Bonchev–Trinajstić information content (AvgIpc) is 2.94. The van der Waals surface area contributed by atoms with E-state index in [9.17, 15) is 0 Å². The molecule has 0 bridgehead atoms. The third-order valence-corrected chi connectivity index (χ3v) is 8.17. The van der Waals surface area contributed by atoms with Crippen LogP contribution in [-0.2, 0) is 43.9 Å². The molecule has 4 aromatic carbocycles. The van der Waals surface area contributed by atoms with Crippen molar-refractivity contribution in [2.45, 2.75) is 47.0 Å². The Morgan fingerprint density at radius 2 is 0.947 bits per heavy atom. The summed E-state index contributed by atoms with van der Waals surface area (Å²) in [7, 11) is -3.58. The zero-order chi connectivity index (χ0) is 26.7. The van der Waals surface area contributed by atoms with E-state index >= 15 is 0 Å². The molecule has 0 amide bonds. The van der Waals surface area contributed by atoms with Crippen LogP contribution in [0, 0.1) is 12.3 Å². The number of benzene rings is 4. The van der Waals surface area contributed by atoms with Gasteiger partial charge in [0.2, 0.25) is 0 Å². The van der Waals surface area contributed by atoms with E-state index in [4.69, 9.17) is 17.7 Å². The summed E-state index contributed by atoms with van der Waals surface area (Å²) >= 11 is 0. The molecule has 0 atom stereocenters. The fourth-order valence-electron chi connectivity index (χ4n) is 4.20. The molecule has 0 saturated heterocycles. The Bertz CT molecular complexity index is 1120. The maximum absolute atomic E-state index is 6.63. The number of rotatable bonds is 14. The van der Waals surface area contributed by atoms with Crippen molar-refractivity contribution in [3.05, 3.63) is 143 Å². The molecule has 0 aliphatic carbocycles. The standard InChI is InChI=1S/C33H38O4Si/c1-28-14-13-21-32(22-28)23-33(2,3)27-37-38(34-24-29-15-7-4-8-16-29,35-25-30-17-9-5-10-18-30)36-26-31-19-11-6-12-20-31/h4-22H,23-27H2,1-3H3. The maximum atomic E-state index is 6.63. The van der Waals surface area contributed by atoms with Gasteiger partial charge in [0.1, 0.15) is 0 Å². The Hall–Kier alpha value is -3.06. The molecule has 0 saturated carbocycles. The van der Waals surface area contributed by atoms with Crippen LogP contribution in [0.3, 0.4) is 0 Å². The van der Waals surface area contributed by atoms with Crippen molar-refractivity contribution in [2.75, 3.05) is 6.61 Å². The van der Waals surface area contributed by atoms with Crippen molar-refractivity contribution in [2.24, 2.45) is 5.41 Å². The lowest BCUT2D eigenvalue weighted by Gasteiger charge is -2.33. The zero-order valence-corrected chi connectivity index (χ0v) is 23.6. The molecule has 38 heavy (non-hydrogen) atoms. The predicted octanol–water partition coefficient (Wildman–Crippen LogP) is 7.67. The van der Waals surface area contributed by atoms with Crippen LogP contribution >= 0.6 is 0 Å². The molecule has 4 rings (SSSR count). The second-order valence-corrected chi connectivity index (χ2v) is 12.6. The van der Waals surface area contributed by atoms with Gasteiger partial charge >= 0.3 is 9.05 Å². The maximum Gasteiger partial charge on any atom is 0.680 e. The third-order valence-electron chi connectivity index (χ3n) is 6.18. The molecule has 0 aromatic heterocycles. The van der Waals surface area contributed by atoms with Crippen LogP contribution in [-0.4, -0.2) is 15.7 Å². The fraction of sp³-hybridized carbons (Fsp3) is 0.273. The molecule has 198 valence electrons. The second-order valence-electron chi connectivity index (χ2n) is 10.4. The van der Waals surface area contributed by atoms with Gasteiger partial charge in [-0.25, -0.2) is 0 Å². The van der Waals surface area contributed by atoms with Gasteiger partial charge < -0.3 is 17.7 Å². The van der Waals surface area contributed by atoms with Crippen molar-refractivity contribution in [3.63, 3.8) is 0 Å². The summed E-state index contributed by atoms with van der Waals surface area (Å²) in [6.07, 6.45) is 0.870. The normalized spacial score (nSPS) is 12.0. The smallest absolute Gasteiger partial charge is 0.351 e. The number of aryl methyl sites for hydroxylation is 1. The van der Waals surface area contributed by atoms with Crippen LogP contribution in [0.2, 0.25) is 0 Å². The lowest BCUT2D eigenvalue weighted by molar-refractivity contribution is -0.0611. The minimum atomic E-state index is -3.58. The van der Waals surface area contributed by atoms with Crippen molar-refractivity contribution < 1.29 is 17.7 Å². The largest absolute Gasteiger partial charge is 0.680 e. The number of hydrogen-bond donors (Lipinski definition) is 0. The Labute approximate surface area is 228 Å². The first-order chi connectivity index (χ1) is 18.4. The van der Waals surface area contributed by atoms with Gasteiger partial charge in [-0.3, -0.25) is 0 Å². The minimum absolute atomic E-state index is 0.158. The van der Waals surface area contributed by atoms with E-state index in [-0.39, 0.29) is 5.41 Å². The first-order valence-corrected chi connectivity index (χ1v) is 14.8. The van der Waals surface area contributed by atoms with Crippen LogP contribution in [0.4, 0.5) is 0 Å². The van der Waals surface area contributed by atoms with Gasteiger partial charge in [-0.05, 0) is 41.0 Å². The topological polar surface area (TPSA) is 36.9 Å². The molecular formula is C33H38O4Si. The van der Waals surface area contributed by atoms with E-state index in [1.807, 2.05) is 91.0 Å². The van der Waals surface area contributed by atoms with Gasteiger partial charge in [-0.1, -0.05) is 135 Å². The minimum Gasteiger partial charge on any atom is -0.351 e. The van der Waals surface area contributed by atoms with Crippen molar-refractivity contribution in [1.82, 2.24) is 0 Å². The molecule has 0 spiro atoms. The monoisotopic (exact) mass is 526 g/mol. The molecular weight excluding hydrogens is 488 g/mol. The number of hydrogen-bond acceptors (Lipinski definition) is 4. The molecule has 0 aliphatic heterocycles. The SMILES string of the molecule is Cc1cccc(CC(C)(C)CO[Si](OCc2ccccc2)(OCc2ccccc2)OCc2ccccc2)c1. The van der Waals surface area contributed by atoms with Crippen molar-refractivity contribution in [1.29, 1.82) is 0 Å². The fourth-order valence-corrected chi connectivity index (χ4v) is 6.30. The highest BCUT2D eigenvalue weighted by Crippen LogP contribution is 2.27. The van der Waals surface area contributed by atoms with E-state index in [0.717, 1.165) is 23.1 Å². The summed E-state index contributed by atoms with van der Waals surface area (Å²) in [6.45, 7) is 8.00. The highest BCUT2D eigenvalue weighted by atomic mass is 28.4. The third kappa shape index (κ3) is 9.05. The zero-order valence-electron chi connectivity index (χ0n) is 22.6. The summed E-state index contributed by atoms with van der Waals surface area (Å²) < 4.78 is 26.1. The van der Waals surface area contributed by atoms with Crippen molar-refractivity contribution >= 4 is 9.05 Å². The molecule has 0 heterocycles. The van der Waals surface area contributed by atoms with Gasteiger partial charge in [-0.15, -0.1) is 0 Å². The van der Waals surface area contributed by atoms with Gasteiger partial charge in [0.15, 0.2) is 0 Å². The highest BCUT2D eigenvalue weighted by molar-refractivity contribution is 6.53. The molecule has 4 aromatic rings. The quantitative estimate of drug-likeness (QED) is 0.158. The Morgan fingerprint density at radius 3 is 1.37 bits per heavy atom. The van der Waals surface area contributed by atoms with Gasteiger partial charge in [0.05, 0.1) is 19.8 Å². The first kappa shape index (κ1) is 28.0. The van der Waals surface area contributed by atoms with Crippen LogP contribution in [0.15, 0.2) is 115 Å². The molecule has 4 nitrogen and oxygen atoms in total. The summed E-state index contributed by atoms with van der Waals surface area (Å²) in [6, 6.07) is 38.9. The molecule has 0 fully saturated rings. The van der Waals surface area contributed by atoms with E-state index in [1.165, 1.54) is 11.1 Å². The summed E-state index contributed by atoms with van der Waals surface area (Å²) in [4.78, 5) is 0. The van der Waals surface area contributed by atoms with Gasteiger partial charge in [-0.2, -0.15) is 0 Å². The van der Waals surface area contributed by atoms with Crippen LogP contribution in [0.5, 0.6) is 0 Å². The van der Waals surface area contributed by atoms with Gasteiger partial charge in [0, 0.05) is 6.61 Å². The van der Waals surface area contributed by atoms with E-state index in [0.29, 0.717) is 26.4 Å². The lowest BCUT2D eigenvalue weighted by Crippen LogP contribution is -2.50. The molecule has 0 radical (unpaired) electrons. The summed E-state index contributed by atoms with van der Waals surface area (Å²) in [5, 5.41) is 0. The molecule has 0 unspecified atom stereocenters. The predicted molar refractivity (Wildman–Crippen MR) is 154 cm³/mol. The Morgan fingerprint density at radius 1 is 0.526 bits per heavy atom. The molecule has 0 N–H and O–H groups in total. The summed E-state index contributed by atoms with van der Waals surface area (Å²) in [5.41, 5.74) is 5.50. The van der Waals surface area contributed by atoms with Crippen molar-refractivity contribution in [3.8, 4) is 0 Å². The second kappa shape index (κ2) is 13.6. The lowest BCUT2D eigenvalue weighted by atomic mass is 9.86. The molecule has 5 heteroatoms. The van der Waals surface area contributed by atoms with E-state index < -0.39 is 9.05 Å². The summed E-state index contributed by atoms with van der Waals surface area (Å²) in [5.74, 6) is 0. The van der Waals surface area contributed by atoms with Crippen LogP contribution in [0.1, 0.15) is 41.7 Å². The Kier molecular flexibility index (Phi) is 10.0.